The highest BCUT2D eigenvalue weighted by Crippen LogP contribution is 2.25. The van der Waals surface area contributed by atoms with Gasteiger partial charge in [0.15, 0.2) is 23.2 Å². The highest BCUT2D eigenvalue weighted by Gasteiger charge is 2.11. The lowest BCUT2D eigenvalue weighted by atomic mass is 10.1. The predicted molar refractivity (Wildman–Crippen MR) is 114 cm³/mol. The number of hydrogen-bond acceptors (Lipinski definition) is 8. The van der Waals surface area contributed by atoms with E-state index in [-0.39, 0.29) is 30.5 Å². The van der Waals surface area contributed by atoms with Gasteiger partial charge < -0.3 is 25.2 Å². The molecule has 0 saturated heterocycles. The van der Waals surface area contributed by atoms with Crippen LogP contribution in [0.4, 0.5) is 31.9 Å². The van der Waals surface area contributed by atoms with Crippen LogP contribution in [0.1, 0.15) is 18.1 Å². The lowest BCUT2D eigenvalue weighted by Gasteiger charge is -2.12. The van der Waals surface area contributed by atoms with Crippen LogP contribution in [0.15, 0.2) is 48.7 Å². The molecule has 0 amide bonds. The van der Waals surface area contributed by atoms with Crippen molar-refractivity contribution in [3.05, 3.63) is 65.9 Å². The van der Waals surface area contributed by atoms with Crippen LogP contribution in [-0.2, 0) is 4.74 Å². The first-order valence-corrected chi connectivity index (χ1v) is 9.63. The van der Waals surface area contributed by atoms with Gasteiger partial charge in [-0.15, -0.1) is 0 Å². The van der Waals surface area contributed by atoms with Crippen molar-refractivity contribution in [3.8, 4) is 11.8 Å². The lowest BCUT2D eigenvalue weighted by molar-refractivity contribution is 0.144. The smallest absolute Gasteiger partial charge is 0.229 e. The number of rotatable bonds is 10. The lowest BCUT2D eigenvalue weighted by Crippen LogP contribution is -2.06. The zero-order valence-corrected chi connectivity index (χ0v) is 17.2. The Bertz CT molecular complexity index is 1090. The molecule has 8 nitrogen and oxygen atoms in total. The quantitative estimate of drug-likeness (QED) is 0.401. The molecule has 166 valence electrons. The SMILES string of the molecule is COCCOc1ccc(Nc2ncc(F)c(Nc3ccc(C(O)CC#N)cc3)n2)cc1F. The third-order valence-corrected chi connectivity index (χ3v) is 4.32. The number of nitriles is 1. The van der Waals surface area contributed by atoms with E-state index in [9.17, 15) is 13.9 Å². The average molecular weight is 441 g/mol. The van der Waals surface area contributed by atoms with Crippen molar-refractivity contribution in [2.24, 2.45) is 0 Å². The molecule has 32 heavy (non-hydrogen) atoms. The molecule has 10 heteroatoms. The van der Waals surface area contributed by atoms with Gasteiger partial charge in [0.2, 0.25) is 5.95 Å². The summed E-state index contributed by atoms with van der Waals surface area (Å²) in [6.07, 6.45) is 0.0719. The van der Waals surface area contributed by atoms with Crippen LogP contribution in [0.3, 0.4) is 0 Å². The average Bonchev–Trinajstić information content (AvgIpc) is 2.78. The summed E-state index contributed by atoms with van der Waals surface area (Å²) in [5, 5.41) is 24.2. The van der Waals surface area contributed by atoms with Crippen LogP contribution >= 0.6 is 0 Å². The Balaban J connectivity index is 1.69. The molecular formula is C22H21F2N5O3. The van der Waals surface area contributed by atoms with E-state index in [1.54, 1.807) is 30.3 Å². The Kier molecular flexibility index (Phi) is 7.85. The van der Waals surface area contributed by atoms with Gasteiger partial charge in [0.05, 0.1) is 31.4 Å². The standard InChI is InChI=1S/C22H21F2N5O3/c1-31-10-11-32-20-7-6-16(12-17(20)23)28-22-26-13-18(24)21(29-22)27-15-4-2-14(3-5-15)19(30)8-9-25/h2-7,12-13,19,30H,8,10-11H2,1H3,(H2,26,27,28,29). The van der Waals surface area contributed by atoms with Crippen molar-refractivity contribution >= 4 is 23.1 Å². The van der Waals surface area contributed by atoms with Crippen molar-refractivity contribution in [1.82, 2.24) is 9.97 Å². The monoisotopic (exact) mass is 441 g/mol. The van der Waals surface area contributed by atoms with Gasteiger partial charge in [0.25, 0.3) is 0 Å². The van der Waals surface area contributed by atoms with Gasteiger partial charge in [0.1, 0.15) is 6.61 Å². The Hall–Kier alpha value is -3.81. The fourth-order valence-corrected chi connectivity index (χ4v) is 2.70. The van der Waals surface area contributed by atoms with E-state index < -0.39 is 17.7 Å². The van der Waals surface area contributed by atoms with Crippen LogP contribution < -0.4 is 15.4 Å². The maximum atomic E-state index is 14.2. The number of hydrogen-bond donors (Lipinski definition) is 3. The van der Waals surface area contributed by atoms with E-state index in [0.29, 0.717) is 23.5 Å². The molecule has 0 aliphatic carbocycles. The number of aliphatic hydroxyl groups excluding tert-OH is 1. The van der Waals surface area contributed by atoms with Crippen molar-refractivity contribution in [3.63, 3.8) is 0 Å². The van der Waals surface area contributed by atoms with Crippen LogP contribution in [-0.4, -0.2) is 35.4 Å². The minimum Gasteiger partial charge on any atom is -0.488 e. The molecule has 3 N–H and O–H groups in total. The fraction of sp³-hybridized carbons (Fsp3) is 0.227. The van der Waals surface area contributed by atoms with Crippen molar-refractivity contribution in [2.75, 3.05) is 31.0 Å². The Morgan fingerprint density at radius 2 is 1.81 bits per heavy atom. The molecular weight excluding hydrogens is 420 g/mol. The van der Waals surface area contributed by atoms with Gasteiger partial charge in [-0.1, -0.05) is 12.1 Å². The van der Waals surface area contributed by atoms with Gasteiger partial charge in [-0.3, -0.25) is 0 Å². The maximum Gasteiger partial charge on any atom is 0.229 e. The summed E-state index contributed by atoms with van der Waals surface area (Å²) >= 11 is 0. The minimum atomic E-state index is -0.891. The van der Waals surface area contributed by atoms with Crippen molar-refractivity contribution in [2.45, 2.75) is 12.5 Å². The summed E-state index contributed by atoms with van der Waals surface area (Å²) in [6, 6.07) is 12.7. The summed E-state index contributed by atoms with van der Waals surface area (Å²) in [5.41, 5.74) is 1.44. The van der Waals surface area contributed by atoms with Crippen molar-refractivity contribution < 1.29 is 23.4 Å². The number of nitrogens with one attached hydrogen (secondary N) is 2. The third-order valence-electron chi connectivity index (χ3n) is 4.32. The van der Waals surface area contributed by atoms with E-state index in [0.717, 1.165) is 6.20 Å². The van der Waals surface area contributed by atoms with Crippen LogP contribution in [0.25, 0.3) is 0 Å². The van der Waals surface area contributed by atoms with E-state index in [4.69, 9.17) is 14.7 Å². The second-order valence-corrected chi connectivity index (χ2v) is 6.63. The van der Waals surface area contributed by atoms with Gasteiger partial charge in [-0.25, -0.2) is 13.8 Å². The highest BCUT2D eigenvalue weighted by atomic mass is 19.1. The van der Waals surface area contributed by atoms with Crippen molar-refractivity contribution in [1.29, 1.82) is 5.26 Å². The topological polar surface area (TPSA) is 112 Å². The third kappa shape index (κ3) is 6.10. The first-order chi connectivity index (χ1) is 15.5. The van der Waals surface area contributed by atoms with E-state index >= 15 is 0 Å². The molecule has 0 spiro atoms. The molecule has 0 fully saturated rings. The number of ether oxygens (including phenoxy) is 2. The molecule has 1 heterocycles. The summed E-state index contributed by atoms with van der Waals surface area (Å²) in [6.45, 7) is 0.552. The highest BCUT2D eigenvalue weighted by molar-refractivity contribution is 5.60. The predicted octanol–water partition coefficient (Wildman–Crippen LogP) is 4.21. The number of aliphatic hydroxyl groups is 1. The van der Waals surface area contributed by atoms with Crippen LogP contribution in [0.5, 0.6) is 5.75 Å². The normalized spacial score (nSPS) is 11.5. The largest absolute Gasteiger partial charge is 0.488 e. The van der Waals surface area contributed by atoms with Crippen LogP contribution in [0, 0.1) is 23.0 Å². The molecule has 3 aromatic rings. The van der Waals surface area contributed by atoms with E-state index in [2.05, 4.69) is 20.6 Å². The zero-order valence-electron chi connectivity index (χ0n) is 17.2. The molecule has 0 bridgehead atoms. The molecule has 0 aliphatic heterocycles. The second-order valence-electron chi connectivity index (χ2n) is 6.63. The molecule has 1 unspecified atom stereocenters. The van der Waals surface area contributed by atoms with Gasteiger partial charge in [-0.05, 0) is 29.8 Å². The Morgan fingerprint density at radius 1 is 1.06 bits per heavy atom. The van der Waals surface area contributed by atoms with E-state index in [1.165, 1.54) is 19.2 Å². The fourth-order valence-electron chi connectivity index (χ4n) is 2.70. The first kappa shape index (κ1) is 22.9. The molecule has 1 atom stereocenters. The summed E-state index contributed by atoms with van der Waals surface area (Å²) in [7, 11) is 1.52. The summed E-state index contributed by atoms with van der Waals surface area (Å²) in [4.78, 5) is 7.97. The number of halogens is 2. The molecule has 3 rings (SSSR count). The molecule has 2 aromatic carbocycles. The van der Waals surface area contributed by atoms with Gasteiger partial charge in [0, 0.05) is 24.6 Å². The Labute approximate surface area is 183 Å². The molecule has 0 radical (unpaired) electrons. The number of benzene rings is 2. The minimum absolute atomic E-state index is 0.0246. The van der Waals surface area contributed by atoms with Crippen LogP contribution in [0.2, 0.25) is 0 Å². The number of anilines is 4. The summed E-state index contributed by atoms with van der Waals surface area (Å²) < 4.78 is 38.5. The number of aromatic nitrogens is 2. The number of methoxy groups -OCH3 is 1. The van der Waals surface area contributed by atoms with E-state index in [1.807, 2.05) is 6.07 Å². The molecule has 0 saturated carbocycles. The maximum absolute atomic E-state index is 14.2. The molecule has 1 aromatic heterocycles. The van der Waals surface area contributed by atoms with Gasteiger partial charge >= 0.3 is 0 Å². The summed E-state index contributed by atoms with van der Waals surface area (Å²) in [5.74, 6) is -1.21. The molecule has 0 aliphatic rings. The Morgan fingerprint density at radius 3 is 2.50 bits per heavy atom. The van der Waals surface area contributed by atoms with Gasteiger partial charge in [-0.2, -0.15) is 10.2 Å². The zero-order chi connectivity index (χ0) is 22.9. The first-order valence-electron chi connectivity index (χ1n) is 9.63. The number of nitrogens with zero attached hydrogens (tertiary/aromatic N) is 3. The second kappa shape index (κ2) is 11.0.